The van der Waals surface area contributed by atoms with Crippen LogP contribution in [-0.2, 0) is 51.8 Å². The zero-order chi connectivity index (χ0) is 36.2. The van der Waals surface area contributed by atoms with Crippen LogP contribution in [0.1, 0.15) is 82.9 Å². The minimum Gasteiger partial charge on any atom is -0.444 e. The number of rotatable bonds is 7. The third-order valence-corrected chi connectivity index (χ3v) is 12.8. The van der Waals surface area contributed by atoms with Crippen LogP contribution in [0.2, 0.25) is 0 Å². The average Bonchev–Trinajstić information content (AvgIpc) is 3.94. The lowest BCUT2D eigenvalue weighted by Crippen LogP contribution is -2.49. The van der Waals surface area contributed by atoms with E-state index >= 15 is 0 Å². The van der Waals surface area contributed by atoms with Gasteiger partial charge in [-0.25, -0.2) is 13.2 Å². The van der Waals surface area contributed by atoms with E-state index in [0.717, 1.165) is 16.7 Å². The summed E-state index contributed by atoms with van der Waals surface area (Å²) in [4.78, 5) is 72.2. The SMILES string of the molecule is C=C[C@@H]1C[C@]1(CC(=O)[C@@H]1C[C@@H]2CN1C(=O)[C@H](C(C)(C)C)CC(=O)[C@@H](C)OC/C=C/c1cccc3c1CN(C3)C(=O)O2)C(=O)NS(=O)(=O)C1CC1. The Morgan fingerprint density at radius 1 is 1.14 bits per heavy atom. The fraction of sp³-hybridized carbons (Fsp3) is 0.595. The first-order valence-corrected chi connectivity index (χ1v) is 19.0. The first-order valence-electron chi connectivity index (χ1n) is 17.4. The maximum absolute atomic E-state index is 14.5. The van der Waals surface area contributed by atoms with Crippen molar-refractivity contribution < 1.29 is 41.9 Å². The smallest absolute Gasteiger partial charge is 0.410 e. The van der Waals surface area contributed by atoms with Gasteiger partial charge in [0.05, 0.1) is 36.4 Å². The summed E-state index contributed by atoms with van der Waals surface area (Å²) < 4.78 is 39.4. The normalized spacial score (nSPS) is 31.0. The number of carbonyl (C=O) groups is 5. The molecule has 2 aliphatic carbocycles. The summed E-state index contributed by atoms with van der Waals surface area (Å²) in [7, 11) is -3.86. The molecule has 1 aromatic carbocycles. The lowest BCUT2D eigenvalue weighted by molar-refractivity contribution is -0.147. The molecule has 0 unspecified atom stereocenters. The lowest BCUT2D eigenvalue weighted by atomic mass is 9.76. The van der Waals surface area contributed by atoms with E-state index in [2.05, 4.69) is 11.3 Å². The number of benzene rings is 1. The zero-order valence-corrected chi connectivity index (χ0v) is 30.0. The molecular formula is C37H47N3O9S. The van der Waals surface area contributed by atoms with Crippen molar-refractivity contribution in [2.45, 2.75) is 103 Å². The van der Waals surface area contributed by atoms with E-state index in [1.807, 2.05) is 51.1 Å². The number of nitrogens with zero attached hydrogens (tertiary/aromatic N) is 2. The van der Waals surface area contributed by atoms with Crippen LogP contribution in [0.3, 0.4) is 0 Å². The quantitative estimate of drug-likeness (QED) is 0.415. The molecule has 2 saturated carbocycles. The van der Waals surface area contributed by atoms with Crippen LogP contribution in [0.25, 0.3) is 6.08 Å². The topological polar surface area (TPSA) is 156 Å². The van der Waals surface area contributed by atoms with Crippen molar-refractivity contribution in [3.63, 3.8) is 0 Å². The first-order chi connectivity index (χ1) is 23.5. The predicted molar refractivity (Wildman–Crippen MR) is 184 cm³/mol. The number of ketones is 2. The van der Waals surface area contributed by atoms with Crippen molar-refractivity contribution in [2.24, 2.45) is 22.7 Å². The molecule has 50 heavy (non-hydrogen) atoms. The monoisotopic (exact) mass is 709 g/mol. The largest absolute Gasteiger partial charge is 0.444 e. The number of fused-ring (bicyclic) bond motifs is 3. The van der Waals surface area contributed by atoms with Gasteiger partial charge in [0.15, 0.2) is 11.6 Å². The third kappa shape index (κ3) is 7.16. The Bertz CT molecular complexity index is 1740. The summed E-state index contributed by atoms with van der Waals surface area (Å²) in [5.74, 6) is -3.11. The highest BCUT2D eigenvalue weighted by Gasteiger charge is 2.61. The van der Waals surface area contributed by atoms with Crippen molar-refractivity contribution in [2.75, 3.05) is 13.2 Å². The summed E-state index contributed by atoms with van der Waals surface area (Å²) in [5, 5.41) is -0.617. The Labute approximate surface area is 293 Å². The van der Waals surface area contributed by atoms with Crippen molar-refractivity contribution in [3.8, 4) is 0 Å². The highest BCUT2D eigenvalue weighted by atomic mass is 32.2. The molecule has 3 aliphatic heterocycles. The molecule has 3 fully saturated rings. The first kappa shape index (κ1) is 36.0. The number of Topliss-reactive ketones (excluding diaryl/α,β-unsaturated/α-hetero) is 2. The second kappa shape index (κ2) is 13.4. The summed E-state index contributed by atoms with van der Waals surface area (Å²) >= 11 is 0. The van der Waals surface area contributed by atoms with Crippen LogP contribution in [0.5, 0.6) is 0 Å². The Morgan fingerprint density at radius 2 is 1.88 bits per heavy atom. The number of ether oxygens (including phenoxy) is 2. The average molecular weight is 710 g/mol. The van der Waals surface area contributed by atoms with Crippen molar-refractivity contribution >= 4 is 45.6 Å². The molecule has 6 rings (SSSR count). The minimum absolute atomic E-state index is 0.00619. The van der Waals surface area contributed by atoms with Gasteiger partial charge in [-0.05, 0) is 54.2 Å². The van der Waals surface area contributed by atoms with Gasteiger partial charge in [0, 0.05) is 31.7 Å². The summed E-state index contributed by atoms with van der Waals surface area (Å²) in [5.41, 5.74) is 0.885. The zero-order valence-electron chi connectivity index (χ0n) is 29.2. The fourth-order valence-corrected chi connectivity index (χ4v) is 8.87. The highest BCUT2D eigenvalue weighted by molar-refractivity contribution is 7.90. The van der Waals surface area contributed by atoms with Gasteiger partial charge in [-0.1, -0.05) is 57.2 Å². The van der Waals surface area contributed by atoms with Crippen LogP contribution in [0, 0.1) is 22.7 Å². The fourth-order valence-electron chi connectivity index (χ4n) is 7.49. The molecule has 4 bridgehead atoms. The molecule has 270 valence electrons. The number of sulfonamides is 1. The van der Waals surface area contributed by atoms with Crippen molar-refractivity contribution in [1.82, 2.24) is 14.5 Å². The van der Waals surface area contributed by atoms with E-state index in [9.17, 15) is 32.4 Å². The summed E-state index contributed by atoms with van der Waals surface area (Å²) in [6.45, 7) is 11.8. The van der Waals surface area contributed by atoms with Crippen LogP contribution in [0.4, 0.5) is 4.79 Å². The van der Waals surface area contributed by atoms with Crippen LogP contribution in [-0.4, -0.2) is 84.3 Å². The Morgan fingerprint density at radius 3 is 2.54 bits per heavy atom. The van der Waals surface area contributed by atoms with E-state index in [1.165, 1.54) is 4.90 Å². The molecule has 5 aliphatic rings. The van der Waals surface area contributed by atoms with E-state index in [0.29, 0.717) is 25.9 Å². The molecule has 1 saturated heterocycles. The van der Waals surface area contributed by atoms with Gasteiger partial charge in [0.25, 0.3) is 0 Å². The second-order valence-electron chi connectivity index (χ2n) is 15.6. The molecule has 1 N–H and O–H groups in total. The van der Waals surface area contributed by atoms with Crippen LogP contribution >= 0.6 is 0 Å². The standard InChI is InChI=1S/C37H47N3O9S/c1-6-25-17-37(25,34(44)38-50(46,47)27-12-13-27)18-32(42)30-15-26-20-40(30)33(43)29(36(3,4)5)16-31(41)22(2)48-14-8-11-23-9-7-10-24-19-39(21-28(23)24)35(45)49-26/h6-11,22,25-27,29-30H,1,12-21H2,2-5H3,(H,38,44)/b11-8+/t22-,25-,26-,29-,30+,37-/m1/s1. The molecule has 1 aromatic rings. The molecule has 3 amide bonds. The number of allylic oxidation sites excluding steroid dienone is 1. The number of hydrogen-bond donors (Lipinski definition) is 1. The van der Waals surface area contributed by atoms with Gasteiger partial charge in [-0.2, -0.15) is 0 Å². The Hall–Kier alpha value is -3.84. The van der Waals surface area contributed by atoms with Crippen LogP contribution in [0.15, 0.2) is 36.9 Å². The van der Waals surface area contributed by atoms with E-state index < -0.39 is 79.9 Å². The van der Waals surface area contributed by atoms with E-state index in [1.54, 1.807) is 17.9 Å². The maximum atomic E-state index is 14.5. The maximum Gasteiger partial charge on any atom is 0.410 e. The highest BCUT2D eigenvalue weighted by Crippen LogP contribution is 2.57. The molecule has 3 heterocycles. The van der Waals surface area contributed by atoms with Crippen LogP contribution < -0.4 is 4.72 Å². The van der Waals surface area contributed by atoms with Crippen molar-refractivity contribution in [3.05, 3.63) is 53.6 Å². The van der Waals surface area contributed by atoms with Gasteiger partial charge < -0.3 is 14.4 Å². The predicted octanol–water partition coefficient (Wildman–Crippen LogP) is 3.92. The molecule has 0 radical (unpaired) electrons. The molecule has 0 aromatic heterocycles. The van der Waals surface area contributed by atoms with Gasteiger partial charge in [-0.3, -0.25) is 28.8 Å². The number of hydrogen-bond acceptors (Lipinski definition) is 9. The van der Waals surface area contributed by atoms with Crippen molar-refractivity contribution in [1.29, 1.82) is 0 Å². The molecular weight excluding hydrogens is 662 g/mol. The number of nitrogens with one attached hydrogen (secondary N) is 1. The van der Waals surface area contributed by atoms with E-state index in [-0.39, 0.29) is 44.6 Å². The molecule has 0 spiro atoms. The Balaban J connectivity index is 1.29. The second-order valence-corrected chi connectivity index (χ2v) is 17.5. The third-order valence-electron chi connectivity index (χ3n) is 11.0. The summed E-state index contributed by atoms with van der Waals surface area (Å²) in [6.07, 6.45) is 3.87. The number of carbonyl (C=O) groups excluding carboxylic acids is 5. The number of amides is 3. The van der Waals surface area contributed by atoms with Gasteiger partial charge in [0.1, 0.15) is 12.2 Å². The molecule has 12 nitrogen and oxygen atoms in total. The van der Waals surface area contributed by atoms with E-state index in [4.69, 9.17) is 9.47 Å². The Kier molecular flexibility index (Phi) is 9.62. The lowest BCUT2D eigenvalue weighted by Gasteiger charge is -2.35. The summed E-state index contributed by atoms with van der Waals surface area (Å²) in [6, 6.07) is 4.76. The van der Waals surface area contributed by atoms with Gasteiger partial charge in [-0.15, -0.1) is 6.58 Å². The van der Waals surface area contributed by atoms with Gasteiger partial charge in [0.2, 0.25) is 21.8 Å². The minimum atomic E-state index is -3.86. The van der Waals surface area contributed by atoms with Gasteiger partial charge >= 0.3 is 6.09 Å². The molecule has 6 atom stereocenters. The molecule has 13 heteroatoms.